The van der Waals surface area contributed by atoms with Gasteiger partial charge in [-0.05, 0) is 70.7 Å². The second-order valence-corrected chi connectivity index (χ2v) is 9.66. The minimum absolute atomic E-state index is 0.0627. The van der Waals surface area contributed by atoms with Crippen LogP contribution in [0.4, 0.5) is 4.79 Å². The highest BCUT2D eigenvalue weighted by Gasteiger charge is 2.55. The summed E-state index contributed by atoms with van der Waals surface area (Å²) in [6.45, 7) is 14.5. The van der Waals surface area contributed by atoms with Crippen molar-refractivity contribution in [3.63, 3.8) is 0 Å². The average Bonchev–Trinajstić information content (AvgIpc) is 2.64. The molecule has 1 aliphatic rings. The van der Waals surface area contributed by atoms with Crippen LogP contribution >= 0.6 is 0 Å². The van der Waals surface area contributed by atoms with Gasteiger partial charge in [-0.2, -0.15) is 0 Å². The number of likely N-dealkylation sites (tertiary alicyclic amines) is 1. The molecule has 2 amide bonds. The molecule has 1 heterocycles. The van der Waals surface area contributed by atoms with E-state index in [0.29, 0.717) is 0 Å². The van der Waals surface area contributed by atoms with Crippen LogP contribution in [-0.2, 0) is 16.1 Å². The van der Waals surface area contributed by atoms with Gasteiger partial charge in [-0.3, -0.25) is 4.79 Å². The Balaban J connectivity index is 1.80. The number of benzene rings is 2. The number of nitrogens with zero attached hydrogens (tertiary/aromatic N) is 1. The van der Waals surface area contributed by atoms with Gasteiger partial charge in [0, 0.05) is 11.6 Å². The monoisotopic (exact) mass is 422 g/mol. The average molecular weight is 423 g/mol. The fourth-order valence-corrected chi connectivity index (χ4v) is 4.75. The van der Waals surface area contributed by atoms with E-state index in [9.17, 15) is 9.59 Å². The molecular weight excluding hydrogens is 388 g/mol. The van der Waals surface area contributed by atoms with Crippen LogP contribution in [0, 0.1) is 26.7 Å². The number of hydrogen-bond acceptors (Lipinski definition) is 3. The van der Waals surface area contributed by atoms with Crippen molar-refractivity contribution < 1.29 is 14.3 Å². The molecule has 0 saturated carbocycles. The van der Waals surface area contributed by atoms with Gasteiger partial charge >= 0.3 is 6.09 Å². The summed E-state index contributed by atoms with van der Waals surface area (Å²) in [5, 5.41) is 2.90. The summed E-state index contributed by atoms with van der Waals surface area (Å²) in [5.41, 5.74) is 5.35. The van der Waals surface area contributed by atoms with Crippen molar-refractivity contribution in [2.45, 2.75) is 72.7 Å². The molecule has 3 rings (SSSR count). The Morgan fingerprint density at radius 1 is 1.10 bits per heavy atom. The number of amides is 2. The smallest absolute Gasteiger partial charge is 0.407 e. The van der Waals surface area contributed by atoms with E-state index in [-0.39, 0.29) is 36.1 Å². The van der Waals surface area contributed by atoms with Crippen molar-refractivity contribution >= 4 is 12.0 Å². The number of aryl methyl sites for hydroxylation is 3. The number of rotatable bonds is 5. The van der Waals surface area contributed by atoms with Crippen LogP contribution in [0.25, 0.3) is 0 Å². The molecular formula is C26H34N2O3. The Hall–Kier alpha value is -2.82. The maximum Gasteiger partial charge on any atom is 0.407 e. The Bertz CT molecular complexity index is 939. The Labute approximate surface area is 185 Å². The van der Waals surface area contributed by atoms with E-state index < -0.39 is 6.09 Å². The van der Waals surface area contributed by atoms with Gasteiger partial charge in [0.1, 0.15) is 6.61 Å². The van der Waals surface area contributed by atoms with E-state index in [1.807, 2.05) is 42.2 Å². The van der Waals surface area contributed by atoms with Crippen molar-refractivity contribution in [1.82, 2.24) is 10.2 Å². The molecule has 5 nitrogen and oxygen atoms in total. The standard InChI is InChI=1S/C26H34N2O3/c1-16-13-17(2)21(18(3)14-16)23-22(24(29)28(23)26(5,6)7)19(4)27-25(30)31-15-20-11-9-8-10-12-20/h8-14,19,22-23H,15H2,1-7H3,(H,27,30)/t19-,22+,23+/m0/s1. The first-order valence-corrected chi connectivity index (χ1v) is 10.9. The first-order valence-electron chi connectivity index (χ1n) is 10.9. The molecule has 5 heteroatoms. The molecule has 1 fully saturated rings. The van der Waals surface area contributed by atoms with Gasteiger partial charge in [0.2, 0.25) is 5.91 Å². The summed E-state index contributed by atoms with van der Waals surface area (Å²) >= 11 is 0. The molecule has 2 aromatic rings. The van der Waals surface area contributed by atoms with E-state index in [4.69, 9.17) is 4.74 Å². The van der Waals surface area contributed by atoms with Crippen LogP contribution in [0.5, 0.6) is 0 Å². The van der Waals surface area contributed by atoms with Crippen molar-refractivity contribution in [3.8, 4) is 0 Å². The van der Waals surface area contributed by atoms with E-state index in [1.54, 1.807) is 0 Å². The fourth-order valence-electron chi connectivity index (χ4n) is 4.75. The predicted octanol–water partition coefficient (Wildman–Crippen LogP) is 5.22. The quantitative estimate of drug-likeness (QED) is 0.672. The number of hydrogen-bond donors (Lipinski definition) is 1. The highest BCUT2D eigenvalue weighted by atomic mass is 16.5. The van der Waals surface area contributed by atoms with Crippen LogP contribution < -0.4 is 5.32 Å². The number of nitrogens with one attached hydrogen (secondary N) is 1. The molecule has 0 aromatic heterocycles. The molecule has 0 radical (unpaired) electrons. The molecule has 2 aromatic carbocycles. The molecule has 0 spiro atoms. The zero-order valence-electron chi connectivity index (χ0n) is 19.7. The number of alkyl carbamates (subject to hydrolysis) is 1. The Kier molecular flexibility index (Phi) is 6.44. The lowest BCUT2D eigenvalue weighted by Crippen LogP contribution is -2.66. The molecule has 1 saturated heterocycles. The summed E-state index contributed by atoms with van der Waals surface area (Å²) in [5.74, 6) is -0.267. The van der Waals surface area contributed by atoms with Gasteiger partial charge in [-0.1, -0.05) is 48.0 Å². The molecule has 0 aliphatic carbocycles. The second-order valence-electron chi connectivity index (χ2n) is 9.66. The van der Waals surface area contributed by atoms with E-state index in [1.165, 1.54) is 22.3 Å². The highest BCUT2D eigenvalue weighted by Crippen LogP contribution is 2.48. The highest BCUT2D eigenvalue weighted by molar-refractivity contribution is 5.89. The second kappa shape index (κ2) is 8.74. The third kappa shape index (κ3) is 4.76. The summed E-state index contributed by atoms with van der Waals surface area (Å²) in [7, 11) is 0. The number of β-lactam (4-membered cyclic amide) rings is 1. The zero-order valence-corrected chi connectivity index (χ0v) is 19.7. The number of ether oxygens (including phenoxy) is 1. The normalized spacial score (nSPS) is 19.6. The topological polar surface area (TPSA) is 58.6 Å². The lowest BCUT2D eigenvalue weighted by molar-refractivity contribution is -0.169. The van der Waals surface area contributed by atoms with E-state index >= 15 is 0 Å². The molecule has 0 bridgehead atoms. The van der Waals surface area contributed by atoms with Crippen molar-refractivity contribution in [2.75, 3.05) is 0 Å². The van der Waals surface area contributed by atoms with Gasteiger partial charge in [-0.15, -0.1) is 0 Å². The Morgan fingerprint density at radius 3 is 2.23 bits per heavy atom. The number of carbonyl (C=O) groups is 2. The van der Waals surface area contributed by atoms with Crippen LogP contribution in [0.15, 0.2) is 42.5 Å². The summed E-state index contributed by atoms with van der Waals surface area (Å²) in [6.07, 6.45) is -0.505. The van der Waals surface area contributed by atoms with Crippen LogP contribution in [-0.4, -0.2) is 28.5 Å². The van der Waals surface area contributed by atoms with Gasteiger partial charge in [0.05, 0.1) is 12.0 Å². The minimum Gasteiger partial charge on any atom is -0.445 e. The third-order valence-electron chi connectivity index (χ3n) is 5.99. The molecule has 31 heavy (non-hydrogen) atoms. The lowest BCUT2D eigenvalue weighted by Gasteiger charge is -2.56. The zero-order chi connectivity index (χ0) is 22.9. The SMILES string of the molecule is Cc1cc(C)c([C@@H]2[C@@H]([C@H](C)NC(=O)OCc3ccccc3)C(=O)N2C(C)(C)C)c(C)c1. The van der Waals surface area contributed by atoms with Gasteiger partial charge in [0.25, 0.3) is 0 Å². The Morgan fingerprint density at radius 2 is 1.68 bits per heavy atom. The first-order chi connectivity index (χ1) is 14.5. The first kappa shape index (κ1) is 22.9. The summed E-state index contributed by atoms with van der Waals surface area (Å²) in [6, 6.07) is 13.4. The van der Waals surface area contributed by atoms with Crippen molar-refractivity contribution in [3.05, 3.63) is 70.3 Å². The van der Waals surface area contributed by atoms with Crippen LogP contribution in [0.3, 0.4) is 0 Å². The van der Waals surface area contributed by atoms with E-state index in [2.05, 4.69) is 59.0 Å². The molecule has 1 aliphatic heterocycles. The minimum atomic E-state index is -0.505. The summed E-state index contributed by atoms with van der Waals surface area (Å²) in [4.78, 5) is 27.6. The molecule has 3 atom stereocenters. The summed E-state index contributed by atoms with van der Waals surface area (Å²) < 4.78 is 5.38. The maximum atomic E-state index is 13.2. The maximum absolute atomic E-state index is 13.2. The van der Waals surface area contributed by atoms with Gasteiger partial charge < -0.3 is 15.0 Å². The van der Waals surface area contributed by atoms with Crippen molar-refractivity contribution in [2.24, 2.45) is 5.92 Å². The van der Waals surface area contributed by atoms with E-state index in [0.717, 1.165) is 5.56 Å². The van der Waals surface area contributed by atoms with Gasteiger partial charge in [0.15, 0.2) is 0 Å². The molecule has 166 valence electrons. The number of carbonyl (C=O) groups excluding carboxylic acids is 2. The lowest BCUT2D eigenvalue weighted by atomic mass is 9.72. The predicted molar refractivity (Wildman–Crippen MR) is 123 cm³/mol. The van der Waals surface area contributed by atoms with Crippen molar-refractivity contribution in [1.29, 1.82) is 0 Å². The van der Waals surface area contributed by atoms with Crippen LogP contribution in [0.2, 0.25) is 0 Å². The fraction of sp³-hybridized carbons (Fsp3) is 0.462. The largest absolute Gasteiger partial charge is 0.445 e. The van der Waals surface area contributed by atoms with Crippen LogP contribution in [0.1, 0.15) is 61.6 Å². The van der Waals surface area contributed by atoms with Gasteiger partial charge in [-0.25, -0.2) is 4.79 Å². The third-order valence-corrected chi connectivity index (χ3v) is 5.99. The molecule has 0 unspecified atom stereocenters. The molecule has 1 N–H and O–H groups in total.